The third-order valence-electron chi connectivity index (χ3n) is 7.73. The number of carbonyl (C=O) groups excluding carboxylic acids is 1. The predicted molar refractivity (Wildman–Crippen MR) is 140 cm³/mol. The topological polar surface area (TPSA) is 78.2 Å². The van der Waals surface area contributed by atoms with Crippen molar-refractivity contribution in [2.45, 2.75) is 38.1 Å². The van der Waals surface area contributed by atoms with E-state index in [1.807, 2.05) is 22.9 Å². The van der Waals surface area contributed by atoms with Crippen LogP contribution in [-0.2, 0) is 0 Å². The molecule has 1 unspecified atom stereocenters. The first-order valence-electron chi connectivity index (χ1n) is 13.5. The second-order valence-electron chi connectivity index (χ2n) is 10.3. The van der Waals surface area contributed by atoms with Crippen LogP contribution in [0.25, 0.3) is 5.65 Å². The van der Waals surface area contributed by atoms with E-state index < -0.39 is 5.82 Å². The number of fused-ring (bicyclic) bond motifs is 4. The fraction of sp³-hybridized carbons (Fsp3) is 0.519. The van der Waals surface area contributed by atoms with Crippen molar-refractivity contribution in [2.24, 2.45) is 0 Å². The van der Waals surface area contributed by atoms with E-state index >= 15 is 4.39 Å². The Hall–Kier alpha value is -3.47. The molecular formula is C27H33F2N7O2. The quantitative estimate of drug-likeness (QED) is 0.522. The zero-order valence-corrected chi connectivity index (χ0v) is 21.6. The van der Waals surface area contributed by atoms with Crippen LogP contribution >= 0.6 is 0 Å². The maximum atomic E-state index is 16.1. The molecule has 9 nitrogen and oxygen atoms in total. The number of aromatic nitrogens is 3. The molecule has 3 aliphatic rings. The lowest BCUT2D eigenvalue weighted by Gasteiger charge is -2.35. The third kappa shape index (κ3) is 4.53. The lowest BCUT2D eigenvalue weighted by molar-refractivity contribution is 0.0601. The monoisotopic (exact) mass is 525 g/mol. The van der Waals surface area contributed by atoms with Gasteiger partial charge < -0.3 is 24.8 Å². The van der Waals surface area contributed by atoms with E-state index in [0.29, 0.717) is 67.9 Å². The van der Waals surface area contributed by atoms with Crippen molar-refractivity contribution in [3.8, 4) is 5.75 Å². The number of anilines is 2. The Balaban J connectivity index is 1.48. The Morgan fingerprint density at radius 2 is 1.84 bits per heavy atom. The van der Waals surface area contributed by atoms with Crippen molar-refractivity contribution >= 4 is 23.2 Å². The van der Waals surface area contributed by atoms with Gasteiger partial charge in [0, 0.05) is 52.4 Å². The van der Waals surface area contributed by atoms with Crippen molar-refractivity contribution in [3.63, 3.8) is 0 Å². The summed E-state index contributed by atoms with van der Waals surface area (Å²) in [5.41, 5.74) is 1.41. The van der Waals surface area contributed by atoms with Gasteiger partial charge in [-0.2, -0.15) is 14.0 Å². The number of rotatable bonds is 1. The SMILES string of the molecule is CN1CCNCCOc2ccc(F)cc2C(=O)N2CCCCC2c2cc3nc(N4CCCC4)c(F)c1n3n2. The number of carbonyl (C=O) groups is 1. The number of likely N-dealkylation sites (N-methyl/N-ethyl adjacent to an activating group) is 1. The van der Waals surface area contributed by atoms with E-state index in [0.717, 1.165) is 38.8 Å². The molecule has 202 valence electrons. The molecule has 0 spiro atoms. The molecule has 1 amide bonds. The van der Waals surface area contributed by atoms with E-state index in [-0.39, 0.29) is 23.3 Å². The first-order valence-corrected chi connectivity index (χ1v) is 13.5. The third-order valence-corrected chi connectivity index (χ3v) is 7.73. The van der Waals surface area contributed by atoms with Gasteiger partial charge in [-0.15, -0.1) is 0 Å². The molecule has 5 heterocycles. The van der Waals surface area contributed by atoms with Gasteiger partial charge in [0.05, 0.1) is 17.3 Å². The summed E-state index contributed by atoms with van der Waals surface area (Å²) in [6.07, 6.45) is 4.49. The molecule has 2 aromatic heterocycles. The molecule has 2 saturated heterocycles. The van der Waals surface area contributed by atoms with Crippen LogP contribution in [-0.4, -0.2) is 78.3 Å². The van der Waals surface area contributed by atoms with Crippen LogP contribution in [0.3, 0.4) is 0 Å². The van der Waals surface area contributed by atoms with Gasteiger partial charge in [0.15, 0.2) is 17.3 Å². The van der Waals surface area contributed by atoms with Crippen LogP contribution in [0.1, 0.15) is 54.2 Å². The number of halogens is 2. The maximum Gasteiger partial charge on any atom is 0.258 e. The fourth-order valence-corrected chi connectivity index (χ4v) is 5.75. The number of hydrogen-bond donors (Lipinski definition) is 1. The Kier molecular flexibility index (Phi) is 6.77. The Labute approximate surface area is 220 Å². The van der Waals surface area contributed by atoms with E-state index in [1.165, 1.54) is 18.2 Å². The minimum Gasteiger partial charge on any atom is -0.491 e. The summed E-state index contributed by atoms with van der Waals surface area (Å²) in [4.78, 5) is 24.1. The second-order valence-corrected chi connectivity index (χ2v) is 10.3. The number of nitrogens with zero attached hydrogens (tertiary/aromatic N) is 6. The maximum absolute atomic E-state index is 16.1. The van der Waals surface area contributed by atoms with Crippen molar-refractivity contribution in [2.75, 3.05) is 62.7 Å². The van der Waals surface area contributed by atoms with Gasteiger partial charge >= 0.3 is 0 Å². The van der Waals surface area contributed by atoms with Gasteiger partial charge in [0.1, 0.15) is 18.2 Å². The predicted octanol–water partition coefficient (Wildman–Crippen LogP) is 3.39. The fourth-order valence-electron chi connectivity index (χ4n) is 5.75. The molecule has 1 atom stereocenters. The molecule has 6 rings (SSSR count). The van der Waals surface area contributed by atoms with Gasteiger partial charge in [0.2, 0.25) is 5.82 Å². The van der Waals surface area contributed by atoms with E-state index in [4.69, 9.17) is 14.8 Å². The molecule has 0 saturated carbocycles. The van der Waals surface area contributed by atoms with Gasteiger partial charge in [-0.25, -0.2) is 9.37 Å². The summed E-state index contributed by atoms with van der Waals surface area (Å²) < 4.78 is 37.8. The first-order chi connectivity index (χ1) is 18.5. The summed E-state index contributed by atoms with van der Waals surface area (Å²) in [5.74, 6) is -0.102. The molecule has 1 aromatic carbocycles. The molecule has 2 bridgehead atoms. The molecule has 38 heavy (non-hydrogen) atoms. The van der Waals surface area contributed by atoms with Crippen LogP contribution in [0.5, 0.6) is 5.75 Å². The highest BCUT2D eigenvalue weighted by molar-refractivity contribution is 5.97. The van der Waals surface area contributed by atoms with Crippen molar-refractivity contribution in [1.29, 1.82) is 0 Å². The van der Waals surface area contributed by atoms with E-state index in [2.05, 4.69) is 5.32 Å². The standard InChI is InChI=1S/C27H33F2N7O2/c1-33-14-9-30-10-15-38-22-8-7-18(28)16-19(22)27(37)35-13-3-2-6-21(35)20-17-23-31-25(34-11-4-5-12-34)24(29)26(33)36(23)32-20/h7-8,16-17,21,30H,2-6,9-15H2,1H3. The lowest BCUT2D eigenvalue weighted by atomic mass is 9.98. The highest BCUT2D eigenvalue weighted by atomic mass is 19.1. The van der Waals surface area contributed by atoms with Gasteiger partial charge in [-0.05, 0) is 50.3 Å². The molecular weight excluding hydrogens is 492 g/mol. The molecule has 11 heteroatoms. The smallest absolute Gasteiger partial charge is 0.258 e. The summed E-state index contributed by atoms with van der Waals surface area (Å²) >= 11 is 0. The van der Waals surface area contributed by atoms with E-state index in [1.54, 1.807) is 9.42 Å². The minimum atomic E-state index is -0.490. The highest BCUT2D eigenvalue weighted by Gasteiger charge is 2.34. The minimum absolute atomic E-state index is 0.202. The average Bonchev–Trinajstić information content (AvgIpc) is 3.60. The zero-order valence-electron chi connectivity index (χ0n) is 21.6. The number of nitrogens with one attached hydrogen (secondary N) is 1. The molecule has 0 aliphatic carbocycles. The van der Waals surface area contributed by atoms with Crippen LogP contribution in [0.2, 0.25) is 0 Å². The summed E-state index contributed by atoms with van der Waals surface area (Å²) in [5, 5.41) is 8.13. The van der Waals surface area contributed by atoms with E-state index in [9.17, 15) is 9.18 Å². The summed E-state index contributed by atoms with van der Waals surface area (Å²) in [6.45, 7) is 4.01. The van der Waals surface area contributed by atoms with Crippen LogP contribution in [0, 0.1) is 11.6 Å². The lowest BCUT2D eigenvalue weighted by Crippen LogP contribution is -2.39. The first kappa shape index (κ1) is 24.8. The average molecular weight is 526 g/mol. The number of hydrogen-bond acceptors (Lipinski definition) is 7. The number of ether oxygens (including phenoxy) is 1. The highest BCUT2D eigenvalue weighted by Crippen LogP contribution is 2.36. The second kappa shape index (κ2) is 10.4. The zero-order chi connectivity index (χ0) is 26.2. The normalized spacial score (nSPS) is 21.1. The van der Waals surface area contributed by atoms with Crippen molar-refractivity contribution in [1.82, 2.24) is 24.8 Å². The molecule has 3 aromatic rings. The summed E-state index contributed by atoms with van der Waals surface area (Å²) in [6, 6.07) is 5.60. The van der Waals surface area contributed by atoms with Gasteiger partial charge in [-0.3, -0.25) is 4.79 Å². The van der Waals surface area contributed by atoms with Crippen molar-refractivity contribution in [3.05, 3.63) is 47.2 Å². The number of piperidine rings is 1. The largest absolute Gasteiger partial charge is 0.491 e. The molecule has 1 N–H and O–H groups in total. The number of amides is 1. The Morgan fingerprint density at radius 1 is 1.03 bits per heavy atom. The Bertz CT molecular complexity index is 1340. The molecule has 3 aliphatic heterocycles. The van der Waals surface area contributed by atoms with Crippen LogP contribution in [0.4, 0.5) is 20.4 Å². The molecule has 0 radical (unpaired) electrons. The summed E-state index contributed by atoms with van der Waals surface area (Å²) in [7, 11) is 1.86. The van der Waals surface area contributed by atoms with Crippen LogP contribution < -0.4 is 19.9 Å². The Morgan fingerprint density at radius 3 is 2.68 bits per heavy atom. The van der Waals surface area contributed by atoms with Crippen molar-refractivity contribution < 1.29 is 18.3 Å². The molecule has 2 fully saturated rings. The van der Waals surface area contributed by atoms with Crippen LogP contribution in [0.15, 0.2) is 24.3 Å². The van der Waals surface area contributed by atoms with Gasteiger partial charge in [-0.1, -0.05) is 0 Å². The van der Waals surface area contributed by atoms with Gasteiger partial charge in [0.25, 0.3) is 5.91 Å². The number of benzene rings is 1.